The van der Waals surface area contributed by atoms with Crippen LogP contribution in [0.5, 0.6) is 0 Å². The first-order chi connectivity index (χ1) is 7.20. The Hall–Kier alpha value is -1.13. The molecule has 0 saturated carbocycles. The van der Waals surface area contributed by atoms with Gasteiger partial charge in [-0.05, 0) is 30.3 Å². The Labute approximate surface area is 94.5 Å². The minimum absolute atomic E-state index is 0.182. The van der Waals surface area contributed by atoms with Gasteiger partial charge in [-0.15, -0.1) is 0 Å². The molecular weight excluding hydrogens is 263 g/mol. The van der Waals surface area contributed by atoms with Crippen LogP contribution in [0.3, 0.4) is 0 Å². The van der Waals surface area contributed by atoms with E-state index >= 15 is 0 Å². The van der Waals surface area contributed by atoms with E-state index in [0.29, 0.717) is 21.6 Å². The summed E-state index contributed by atoms with van der Waals surface area (Å²) in [5.41, 5.74) is 0.387. The van der Waals surface area contributed by atoms with Crippen molar-refractivity contribution in [3.05, 3.63) is 46.4 Å². The second kappa shape index (κ2) is 4.16. The molecule has 1 N–H and O–H groups in total. The SMILES string of the molecule is OCc1ccc(-c2ccc(Br)cc2F)o1. The van der Waals surface area contributed by atoms with E-state index in [4.69, 9.17) is 9.52 Å². The molecule has 0 radical (unpaired) electrons. The molecule has 0 unspecified atom stereocenters. The number of halogens is 2. The lowest BCUT2D eigenvalue weighted by molar-refractivity contribution is 0.248. The summed E-state index contributed by atoms with van der Waals surface area (Å²) < 4.78 is 19.4. The van der Waals surface area contributed by atoms with Gasteiger partial charge < -0.3 is 9.52 Å². The Morgan fingerprint density at radius 1 is 1.27 bits per heavy atom. The summed E-state index contributed by atoms with van der Waals surface area (Å²) in [6.07, 6.45) is 0. The lowest BCUT2D eigenvalue weighted by atomic mass is 10.1. The summed E-state index contributed by atoms with van der Waals surface area (Å²) in [5, 5.41) is 8.82. The summed E-state index contributed by atoms with van der Waals surface area (Å²) >= 11 is 3.18. The molecule has 2 nitrogen and oxygen atoms in total. The van der Waals surface area contributed by atoms with Crippen LogP contribution in [0.25, 0.3) is 11.3 Å². The van der Waals surface area contributed by atoms with E-state index in [2.05, 4.69) is 15.9 Å². The van der Waals surface area contributed by atoms with Gasteiger partial charge in [-0.2, -0.15) is 0 Å². The van der Waals surface area contributed by atoms with Crippen molar-refractivity contribution in [3.8, 4) is 11.3 Å². The van der Waals surface area contributed by atoms with Crippen LogP contribution in [-0.4, -0.2) is 5.11 Å². The third-order valence-corrected chi connectivity index (χ3v) is 2.51. The number of aliphatic hydroxyl groups is 1. The molecule has 1 aromatic carbocycles. The minimum atomic E-state index is -0.358. The summed E-state index contributed by atoms with van der Waals surface area (Å²) in [7, 11) is 0. The Balaban J connectivity index is 2.44. The largest absolute Gasteiger partial charge is 0.459 e. The van der Waals surface area contributed by atoms with Gasteiger partial charge >= 0.3 is 0 Å². The molecule has 2 rings (SSSR count). The van der Waals surface area contributed by atoms with Crippen molar-refractivity contribution in [1.82, 2.24) is 0 Å². The number of furan rings is 1. The van der Waals surface area contributed by atoms with Crippen LogP contribution in [0.1, 0.15) is 5.76 Å². The average molecular weight is 271 g/mol. The van der Waals surface area contributed by atoms with E-state index in [1.54, 1.807) is 24.3 Å². The van der Waals surface area contributed by atoms with Gasteiger partial charge in [0.05, 0.1) is 5.56 Å². The van der Waals surface area contributed by atoms with Crippen molar-refractivity contribution in [1.29, 1.82) is 0 Å². The maximum absolute atomic E-state index is 13.5. The van der Waals surface area contributed by atoms with Gasteiger partial charge in [0.15, 0.2) is 0 Å². The van der Waals surface area contributed by atoms with E-state index in [1.165, 1.54) is 6.07 Å². The monoisotopic (exact) mass is 270 g/mol. The van der Waals surface area contributed by atoms with Crippen molar-refractivity contribution in [2.75, 3.05) is 0 Å². The van der Waals surface area contributed by atoms with Gasteiger partial charge in [-0.3, -0.25) is 0 Å². The fraction of sp³-hybridized carbons (Fsp3) is 0.0909. The van der Waals surface area contributed by atoms with Crippen molar-refractivity contribution in [2.24, 2.45) is 0 Å². The molecule has 2 aromatic rings. The number of rotatable bonds is 2. The molecule has 0 spiro atoms. The minimum Gasteiger partial charge on any atom is -0.459 e. The zero-order valence-corrected chi connectivity index (χ0v) is 9.29. The van der Waals surface area contributed by atoms with Crippen LogP contribution >= 0.6 is 15.9 Å². The molecule has 0 aliphatic heterocycles. The van der Waals surface area contributed by atoms with Gasteiger partial charge in [0.2, 0.25) is 0 Å². The molecule has 4 heteroatoms. The number of aliphatic hydroxyl groups excluding tert-OH is 1. The highest BCUT2D eigenvalue weighted by Gasteiger charge is 2.09. The van der Waals surface area contributed by atoms with Gasteiger partial charge in [0, 0.05) is 4.47 Å². The van der Waals surface area contributed by atoms with E-state index in [-0.39, 0.29) is 12.4 Å². The fourth-order valence-electron chi connectivity index (χ4n) is 1.30. The maximum Gasteiger partial charge on any atom is 0.137 e. The molecule has 0 amide bonds. The van der Waals surface area contributed by atoms with Gasteiger partial charge in [0.1, 0.15) is 23.9 Å². The Morgan fingerprint density at radius 2 is 2.07 bits per heavy atom. The number of benzene rings is 1. The second-order valence-corrected chi connectivity index (χ2v) is 3.96. The summed E-state index contributed by atoms with van der Waals surface area (Å²) in [6, 6.07) is 7.99. The Morgan fingerprint density at radius 3 is 2.67 bits per heavy atom. The van der Waals surface area contributed by atoms with Crippen molar-refractivity contribution in [3.63, 3.8) is 0 Å². The Kier molecular flexibility index (Phi) is 2.88. The lowest BCUT2D eigenvalue weighted by Crippen LogP contribution is -1.82. The maximum atomic E-state index is 13.5. The first-order valence-corrected chi connectivity index (χ1v) is 5.15. The van der Waals surface area contributed by atoms with Crippen LogP contribution in [0, 0.1) is 5.82 Å². The van der Waals surface area contributed by atoms with E-state index < -0.39 is 0 Å². The quantitative estimate of drug-likeness (QED) is 0.908. The average Bonchev–Trinajstić information content (AvgIpc) is 2.66. The van der Waals surface area contributed by atoms with E-state index in [0.717, 1.165) is 0 Å². The van der Waals surface area contributed by atoms with Crippen LogP contribution in [0.4, 0.5) is 4.39 Å². The molecule has 0 aliphatic rings. The van der Waals surface area contributed by atoms with E-state index in [9.17, 15) is 4.39 Å². The standard InChI is InChI=1S/C11H8BrFO2/c12-7-1-3-9(10(13)5-7)11-4-2-8(6-14)15-11/h1-5,14H,6H2. The summed E-state index contributed by atoms with van der Waals surface area (Å²) in [6.45, 7) is -0.182. The van der Waals surface area contributed by atoms with Gasteiger partial charge in [-0.1, -0.05) is 15.9 Å². The van der Waals surface area contributed by atoms with Crippen LogP contribution in [0.15, 0.2) is 39.2 Å². The molecule has 0 bridgehead atoms. The predicted octanol–water partition coefficient (Wildman–Crippen LogP) is 3.34. The molecule has 0 saturated heterocycles. The molecule has 0 aliphatic carbocycles. The highest BCUT2D eigenvalue weighted by Crippen LogP contribution is 2.27. The van der Waals surface area contributed by atoms with Crippen LogP contribution in [0.2, 0.25) is 0 Å². The highest BCUT2D eigenvalue weighted by atomic mass is 79.9. The van der Waals surface area contributed by atoms with Crippen molar-refractivity contribution in [2.45, 2.75) is 6.61 Å². The highest BCUT2D eigenvalue weighted by molar-refractivity contribution is 9.10. The van der Waals surface area contributed by atoms with Crippen molar-refractivity contribution >= 4 is 15.9 Å². The summed E-state index contributed by atoms with van der Waals surface area (Å²) in [5.74, 6) is 0.486. The smallest absolute Gasteiger partial charge is 0.137 e. The molecule has 78 valence electrons. The third kappa shape index (κ3) is 2.11. The molecule has 0 atom stereocenters. The normalized spacial score (nSPS) is 10.6. The van der Waals surface area contributed by atoms with Crippen LogP contribution < -0.4 is 0 Å². The first-order valence-electron chi connectivity index (χ1n) is 4.35. The lowest BCUT2D eigenvalue weighted by Gasteiger charge is -1.99. The summed E-state index contributed by atoms with van der Waals surface area (Å²) in [4.78, 5) is 0. The third-order valence-electron chi connectivity index (χ3n) is 2.01. The number of hydrogen-bond donors (Lipinski definition) is 1. The zero-order valence-electron chi connectivity index (χ0n) is 7.71. The van der Waals surface area contributed by atoms with E-state index in [1.807, 2.05) is 0 Å². The first kappa shape index (κ1) is 10.4. The molecule has 0 fully saturated rings. The zero-order chi connectivity index (χ0) is 10.8. The van der Waals surface area contributed by atoms with Crippen molar-refractivity contribution < 1.29 is 13.9 Å². The second-order valence-electron chi connectivity index (χ2n) is 3.05. The molecule has 1 aromatic heterocycles. The predicted molar refractivity (Wildman–Crippen MR) is 57.7 cm³/mol. The molecule has 15 heavy (non-hydrogen) atoms. The fourth-order valence-corrected chi connectivity index (χ4v) is 1.63. The molecule has 1 heterocycles. The van der Waals surface area contributed by atoms with Gasteiger partial charge in [0.25, 0.3) is 0 Å². The topological polar surface area (TPSA) is 33.4 Å². The number of hydrogen-bond acceptors (Lipinski definition) is 2. The Bertz CT molecular complexity index is 479. The molecular formula is C11H8BrFO2. The van der Waals surface area contributed by atoms with Crippen LogP contribution in [-0.2, 0) is 6.61 Å². The van der Waals surface area contributed by atoms with Gasteiger partial charge in [-0.25, -0.2) is 4.39 Å².